The van der Waals surface area contributed by atoms with Crippen LogP contribution in [0.5, 0.6) is 0 Å². The number of aryl methyl sites for hydroxylation is 1. The number of carboxylic acids is 1. The highest BCUT2D eigenvalue weighted by molar-refractivity contribution is 5.88. The van der Waals surface area contributed by atoms with E-state index in [9.17, 15) is 14.7 Å². The van der Waals surface area contributed by atoms with Gasteiger partial charge in [-0.1, -0.05) is 25.1 Å². The van der Waals surface area contributed by atoms with E-state index in [4.69, 9.17) is 0 Å². The standard InChI is InChI=1S/C14H15NO3/c1-3-9(14(17)18)11-8-13(16)15(2)12-7-5-4-6-10(11)12/h4-9H,3H2,1-2H3,(H,17,18)/p-1. The first-order valence-corrected chi connectivity index (χ1v) is 5.85. The van der Waals surface area contributed by atoms with Crippen LogP contribution in [0.15, 0.2) is 35.1 Å². The maximum atomic E-state index is 11.8. The van der Waals surface area contributed by atoms with E-state index in [0.717, 1.165) is 10.9 Å². The first kappa shape index (κ1) is 12.4. The van der Waals surface area contributed by atoms with Gasteiger partial charge in [0.15, 0.2) is 0 Å². The lowest BCUT2D eigenvalue weighted by atomic mass is 9.93. The van der Waals surface area contributed by atoms with Gasteiger partial charge in [-0.15, -0.1) is 0 Å². The molecular weight excluding hydrogens is 230 g/mol. The summed E-state index contributed by atoms with van der Waals surface area (Å²) in [6, 6.07) is 8.69. The van der Waals surface area contributed by atoms with Crippen LogP contribution >= 0.6 is 0 Å². The monoisotopic (exact) mass is 244 g/mol. The van der Waals surface area contributed by atoms with Crippen molar-refractivity contribution in [1.82, 2.24) is 4.57 Å². The largest absolute Gasteiger partial charge is 0.549 e. The minimum atomic E-state index is -1.14. The van der Waals surface area contributed by atoms with E-state index in [1.807, 2.05) is 24.3 Å². The van der Waals surface area contributed by atoms with Crippen molar-refractivity contribution in [3.05, 3.63) is 46.2 Å². The molecule has 1 heterocycles. The second-order valence-corrected chi connectivity index (χ2v) is 4.29. The predicted octanol–water partition coefficient (Wildman–Crippen LogP) is 0.782. The van der Waals surface area contributed by atoms with Crippen molar-refractivity contribution in [2.24, 2.45) is 7.05 Å². The Morgan fingerprint density at radius 1 is 1.39 bits per heavy atom. The number of aromatic nitrogens is 1. The van der Waals surface area contributed by atoms with Gasteiger partial charge < -0.3 is 14.5 Å². The van der Waals surface area contributed by atoms with Gasteiger partial charge in [0.05, 0.1) is 5.52 Å². The lowest BCUT2D eigenvalue weighted by Gasteiger charge is -2.19. The van der Waals surface area contributed by atoms with Crippen molar-refractivity contribution in [3.8, 4) is 0 Å². The quantitative estimate of drug-likeness (QED) is 0.801. The molecule has 4 heteroatoms. The van der Waals surface area contributed by atoms with Crippen LogP contribution in [0.1, 0.15) is 24.8 Å². The van der Waals surface area contributed by atoms with Crippen molar-refractivity contribution < 1.29 is 9.90 Å². The fourth-order valence-electron chi connectivity index (χ4n) is 2.24. The van der Waals surface area contributed by atoms with E-state index >= 15 is 0 Å². The van der Waals surface area contributed by atoms with Crippen LogP contribution in [0.25, 0.3) is 10.9 Å². The molecule has 2 aromatic rings. The highest BCUT2D eigenvalue weighted by atomic mass is 16.4. The average molecular weight is 244 g/mol. The molecule has 0 spiro atoms. The summed E-state index contributed by atoms with van der Waals surface area (Å²) in [6.07, 6.45) is 0.402. The Hall–Kier alpha value is -2.10. The number of carbonyl (C=O) groups is 1. The zero-order valence-electron chi connectivity index (χ0n) is 10.3. The van der Waals surface area contributed by atoms with Crippen LogP contribution in [0.3, 0.4) is 0 Å². The third kappa shape index (κ3) is 1.90. The Morgan fingerprint density at radius 2 is 2.06 bits per heavy atom. The van der Waals surface area contributed by atoms with Crippen LogP contribution in [-0.4, -0.2) is 10.5 Å². The van der Waals surface area contributed by atoms with Gasteiger partial charge in [-0.3, -0.25) is 4.79 Å². The summed E-state index contributed by atoms with van der Waals surface area (Å²) in [5.41, 5.74) is 1.07. The summed E-state index contributed by atoms with van der Waals surface area (Å²) >= 11 is 0. The maximum absolute atomic E-state index is 11.8. The zero-order chi connectivity index (χ0) is 13.3. The summed E-state index contributed by atoms with van der Waals surface area (Å²) < 4.78 is 1.51. The normalized spacial score (nSPS) is 12.6. The third-order valence-corrected chi connectivity index (χ3v) is 3.25. The maximum Gasteiger partial charge on any atom is 0.251 e. The molecule has 0 saturated carbocycles. The van der Waals surface area contributed by atoms with Gasteiger partial charge >= 0.3 is 0 Å². The van der Waals surface area contributed by atoms with Crippen molar-refractivity contribution in [3.63, 3.8) is 0 Å². The molecule has 4 nitrogen and oxygen atoms in total. The molecule has 2 rings (SSSR count). The summed E-state index contributed by atoms with van der Waals surface area (Å²) in [6.45, 7) is 1.77. The average Bonchev–Trinajstić information content (AvgIpc) is 2.36. The Kier molecular flexibility index (Phi) is 3.19. The Bertz CT molecular complexity index is 658. The number of rotatable bonds is 3. The van der Waals surface area contributed by atoms with E-state index in [0.29, 0.717) is 12.0 Å². The Morgan fingerprint density at radius 3 is 2.67 bits per heavy atom. The second kappa shape index (κ2) is 4.64. The number of aliphatic carboxylic acids is 1. The topological polar surface area (TPSA) is 62.1 Å². The highest BCUT2D eigenvalue weighted by Gasteiger charge is 2.15. The molecule has 0 aliphatic carbocycles. The molecule has 0 N–H and O–H groups in total. The van der Waals surface area contributed by atoms with E-state index in [-0.39, 0.29) is 5.56 Å². The summed E-state index contributed by atoms with van der Waals surface area (Å²) in [4.78, 5) is 23.0. The van der Waals surface area contributed by atoms with E-state index in [2.05, 4.69) is 0 Å². The van der Waals surface area contributed by atoms with Gasteiger partial charge in [-0.2, -0.15) is 0 Å². The SMILES string of the molecule is CCC(C(=O)[O-])c1cc(=O)n(C)c2ccccc12. The molecule has 1 unspecified atom stereocenters. The van der Waals surface area contributed by atoms with Crippen molar-refractivity contribution in [2.75, 3.05) is 0 Å². The van der Waals surface area contributed by atoms with Gasteiger partial charge in [0.1, 0.15) is 0 Å². The van der Waals surface area contributed by atoms with Crippen LogP contribution in [0, 0.1) is 0 Å². The lowest BCUT2D eigenvalue weighted by Crippen LogP contribution is -2.31. The molecule has 94 valence electrons. The fraction of sp³-hybridized carbons (Fsp3) is 0.286. The number of carboxylic acid groups (broad SMARTS) is 1. The van der Waals surface area contributed by atoms with Crippen molar-refractivity contribution in [1.29, 1.82) is 0 Å². The molecule has 0 amide bonds. The summed E-state index contributed by atoms with van der Waals surface area (Å²) in [5.74, 6) is -1.89. The number of para-hydroxylation sites is 1. The Balaban J connectivity index is 2.83. The third-order valence-electron chi connectivity index (χ3n) is 3.25. The number of benzene rings is 1. The molecule has 1 atom stereocenters. The summed E-state index contributed by atoms with van der Waals surface area (Å²) in [5, 5.41) is 11.9. The zero-order valence-corrected chi connectivity index (χ0v) is 10.3. The van der Waals surface area contributed by atoms with Gasteiger partial charge in [0.2, 0.25) is 0 Å². The second-order valence-electron chi connectivity index (χ2n) is 4.29. The number of carbonyl (C=O) groups excluding carboxylic acids is 1. The molecule has 0 saturated heterocycles. The fourth-order valence-corrected chi connectivity index (χ4v) is 2.24. The number of hydrogen-bond acceptors (Lipinski definition) is 3. The van der Waals surface area contributed by atoms with Crippen LogP contribution in [-0.2, 0) is 11.8 Å². The Labute approximate surface area is 104 Å². The first-order valence-electron chi connectivity index (χ1n) is 5.85. The number of pyridine rings is 1. The first-order chi connectivity index (χ1) is 8.56. The van der Waals surface area contributed by atoms with Gasteiger partial charge in [0, 0.05) is 30.4 Å². The molecule has 0 radical (unpaired) electrons. The summed E-state index contributed by atoms with van der Waals surface area (Å²) in [7, 11) is 1.68. The molecule has 0 aliphatic heterocycles. The van der Waals surface area contributed by atoms with E-state index < -0.39 is 11.9 Å². The molecular formula is C14H14NO3-. The van der Waals surface area contributed by atoms with Crippen molar-refractivity contribution >= 4 is 16.9 Å². The molecule has 1 aromatic heterocycles. The molecule has 0 fully saturated rings. The molecule has 0 bridgehead atoms. The smallest absolute Gasteiger partial charge is 0.251 e. The minimum Gasteiger partial charge on any atom is -0.549 e. The van der Waals surface area contributed by atoms with Crippen LogP contribution < -0.4 is 10.7 Å². The van der Waals surface area contributed by atoms with Crippen LogP contribution in [0.4, 0.5) is 0 Å². The highest BCUT2D eigenvalue weighted by Crippen LogP contribution is 2.25. The molecule has 1 aromatic carbocycles. The molecule has 18 heavy (non-hydrogen) atoms. The van der Waals surface area contributed by atoms with Crippen molar-refractivity contribution in [2.45, 2.75) is 19.3 Å². The lowest BCUT2D eigenvalue weighted by molar-refractivity contribution is -0.308. The number of nitrogens with zero attached hydrogens (tertiary/aromatic N) is 1. The number of fused-ring (bicyclic) bond motifs is 1. The van der Waals surface area contributed by atoms with Gasteiger partial charge in [-0.05, 0) is 18.1 Å². The molecule has 0 aliphatic rings. The van der Waals surface area contributed by atoms with Gasteiger partial charge in [-0.25, -0.2) is 0 Å². The van der Waals surface area contributed by atoms with Crippen LogP contribution in [0.2, 0.25) is 0 Å². The van der Waals surface area contributed by atoms with Gasteiger partial charge in [0.25, 0.3) is 5.56 Å². The number of hydrogen-bond donors (Lipinski definition) is 0. The van der Waals surface area contributed by atoms with E-state index in [1.165, 1.54) is 10.6 Å². The minimum absolute atomic E-state index is 0.205. The van der Waals surface area contributed by atoms with E-state index in [1.54, 1.807) is 14.0 Å². The predicted molar refractivity (Wildman–Crippen MR) is 67.2 cm³/mol.